The first-order valence-electron chi connectivity index (χ1n) is 4.96. The number of amides is 1. The monoisotopic (exact) mass is 207 g/mol. The number of hydrogen-bond donors (Lipinski definition) is 1. The molecule has 0 aliphatic rings. The SMILES string of the molecule is Cc1ccc(C(=O)N(C)CCN)c(C)n1. The molecule has 1 amide bonds. The van der Waals surface area contributed by atoms with Crippen LogP contribution in [0.25, 0.3) is 0 Å². The molecular weight excluding hydrogens is 190 g/mol. The summed E-state index contributed by atoms with van der Waals surface area (Å²) >= 11 is 0. The van der Waals surface area contributed by atoms with Crippen molar-refractivity contribution in [3.63, 3.8) is 0 Å². The van der Waals surface area contributed by atoms with E-state index in [4.69, 9.17) is 5.73 Å². The minimum atomic E-state index is -0.0227. The first-order chi connectivity index (χ1) is 7.06. The van der Waals surface area contributed by atoms with E-state index in [1.807, 2.05) is 26.0 Å². The number of aryl methyl sites for hydroxylation is 2. The van der Waals surface area contributed by atoms with Gasteiger partial charge < -0.3 is 10.6 Å². The molecule has 15 heavy (non-hydrogen) atoms. The fourth-order valence-corrected chi connectivity index (χ4v) is 1.41. The summed E-state index contributed by atoms with van der Waals surface area (Å²) < 4.78 is 0. The number of likely N-dealkylation sites (N-methyl/N-ethyl adjacent to an activating group) is 1. The van der Waals surface area contributed by atoms with Crippen LogP contribution >= 0.6 is 0 Å². The van der Waals surface area contributed by atoms with E-state index in [-0.39, 0.29) is 5.91 Å². The highest BCUT2D eigenvalue weighted by molar-refractivity contribution is 5.95. The van der Waals surface area contributed by atoms with Crippen molar-refractivity contribution < 1.29 is 4.79 Å². The van der Waals surface area contributed by atoms with E-state index in [0.717, 1.165) is 11.4 Å². The molecule has 0 bridgehead atoms. The predicted octanol–water partition coefficient (Wildman–Crippen LogP) is 0.729. The van der Waals surface area contributed by atoms with E-state index >= 15 is 0 Å². The molecule has 0 aliphatic heterocycles. The molecule has 1 heterocycles. The molecule has 1 aromatic rings. The van der Waals surface area contributed by atoms with Gasteiger partial charge in [-0.05, 0) is 26.0 Å². The summed E-state index contributed by atoms with van der Waals surface area (Å²) in [5.41, 5.74) is 7.74. The van der Waals surface area contributed by atoms with Gasteiger partial charge in [0, 0.05) is 25.8 Å². The number of carbonyl (C=O) groups excluding carboxylic acids is 1. The molecule has 0 saturated carbocycles. The Morgan fingerprint density at radius 3 is 2.67 bits per heavy atom. The quantitative estimate of drug-likeness (QED) is 0.795. The van der Waals surface area contributed by atoms with Crippen molar-refractivity contribution in [1.29, 1.82) is 0 Å². The molecule has 4 nitrogen and oxygen atoms in total. The second-order valence-electron chi connectivity index (χ2n) is 3.60. The second-order valence-corrected chi connectivity index (χ2v) is 3.60. The summed E-state index contributed by atoms with van der Waals surface area (Å²) in [6.07, 6.45) is 0. The van der Waals surface area contributed by atoms with E-state index in [1.54, 1.807) is 11.9 Å². The maximum Gasteiger partial charge on any atom is 0.255 e. The number of aromatic nitrogens is 1. The van der Waals surface area contributed by atoms with Crippen LogP contribution in [-0.4, -0.2) is 35.9 Å². The highest BCUT2D eigenvalue weighted by Crippen LogP contribution is 2.08. The molecule has 0 fully saturated rings. The average Bonchev–Trinajstić information content (AvgIpc) is 2.17. The number of pyridine rings is 1. The molecule has 4 heteroatoms. The maximum atomic E-state index is 11.9. The van der Waals surface area contributed by atoms with E-state index in [2.05, 4.69) is 4.98 Å². The van der Waals surface area contributed by atoms with Gasteiger partial charge >= 0.3 is 0 Å². The zero-order chi connectivity index (χ0) is 11.4. The largest absolute Gasteiger partial charge is 0.340 e. The van der Waals surface area contributed by atoms with Crippen LogP contribution in [0.4, 0.5) is 0 Å². The van der Waals surface area contributed by atoms with Crippen molar-refractivity contribution in [2.75, 3.05) is 20.1 Å². The lowest BCUT2D eigenvalue weighted by Crippen LogP contribution is -2.32. The molecule has 0 spiro atoms. The molecule has 0 unspecified atom stereocenters. The van der Waals surface area contributed by atoms with Gasteiger partial charge in [-0.2, -0.15) is 0 Å². The van der Waals surface area contributed by atoms with Gasteiger partial charge in [0.2, 0.25) is 0 Å². The zero-order valence-electron chi connectivity index (χ0n) is 9.45. The molecular formula is C11H17N3O. The molecule has 0 aromatic carbocycles. The molecule has 2 N–H and O–H groups in total. The fourth-order valence-electron chi connectivity index (χ4n) is 1.41. The van der Waals surface area contributed by atoms with Crippen LogP contribution in [0.2, 0.25) is 0 Å². The lowest BCUT2D eigenvalue weighted by atomic mass is 10.1. The summed E-state index contributed by atoms with van der Waals surface area (Å²) in [5, 5.41) is 0. The van der Waals surface area contributed by atoms with E-state index in [0.29, 0.717) is 18.7 Å². The molecule has 1 aromatic heterocycles. The number of hydrogen-bond acceptors (Lipinski definition) is 3. The highest BCUT2D eigenvalue weighted by Gasteiger charge is 2.13. The lowest BCUT2D eigenvalue weighted by molar-refractivity contribution is 0.0798. The Morgan fingerprint density at radius 2 is 2.13 bits per heavy atom. The Morgan fingerprint density at radius 1 is 1.47 bits per heavy atom. The van der Waals surface area contributed by atoms with Gasteiger partial charge in [-0.25, -0.2) is 0 Å². The summed E-state index contributed by atoms with van der Waals surface area (Å²) in [5.74, 6) is -0.0227. The summed E-state index contributed by atoms with van der Waals surface area (Å²) in [6.45, 7) is 4.79. The topological polar surface area (TPSA) is 59.2 Å². The Kier molecular flexibility index (Phi) is 3.80. The zero-order valence-corrected chi connectivity index (χ0v) is 9.45. The van der Waals surface area contributed by atoms with E-state index in [9.17, 15) is 4.79 Å². The molecule has 0 saturated heterocycles. The van der Waals surface area contributed by atoms with Crippen LogP contribution in [0, 0.1) is 13.8 Å². The minimum absolute atomic E-state index is 0.0227. The third kappa shape index (κ3) is 2.76. The summed E-state index contributed by atoms with van der Waals surface area (Å²) in [6, 6.07) is 3.66. The first kappa shape index (κ1) is 11.7. The van der Waals surface area contributed by atoms with Gasteiger partial charge in [-0.1, -0.05) is 0 Å². The van der Waals surface area contributed by atoms with Gasteiger partial charge in [0.05, 0.1) is 11.3 Å². The van der Waals surface area contributed by atoms with Crippen molar-refractivity contribution in [3.05, 3.63) is 29.1 Å². The molecule has 0 radical (unpaired) electrons. The Bertz CT molecular complexity index is 363. The number of carbonyl (C=O) groups is 1. The lowest BCUT2D eigenvalue weighted by Gasteiger charge is -2.16. The number of rotatable bonds is 3. The Hall–Kier alpha value is -1.42. The second kappa shape index (κ2) is 4.89. The van der Waals surface area contributed by atoms with Crippen LogP contribution in [0.1, 0.15) is 21.7 Å². The molecule has 0 aliphatic carbocycles. The average molecular weight is 207 g/mol. The van der Waals surface area contributed by atoms with Crippen molar-refractivity contribution in [1.82, 2.24) is 9.88 Å². The maximum absolute atomic E-state index is 11.9. The summed E-state index contributed by atoms with van der Waals surface area (Å²) in [4.78, 5) is 17.8. The Labute approximate surface area is 90.1 Å². The van der Waals surface area contributed by atoms with Crippen molar-refractivity contribution in [2.45, 2.75) is 13.8 Å². The van der Waals surface area contributed by atoms with Crippen LogP contribution in [0.3, 0.4) is 0 Å². The van der Waals surface area contributed by atoms with Crippen LogP contribution in [-0.2, 0) is 0 Å². The van der Waals surface area contributed by atoms with Crippen molar-refractivity contribution >= 4 is 5.91 Å². The van der Waals surface area contributed by atoms with Gasteiger partial charge in [-0.15, -0.1) is 0 Å². The van der Waals surface area contributed by atoms with Crippen LogP contribution in [0.15, 0.2) is 12.1 Å². The van der Waals surface area contributed by atoms with Crippen molar-refractivity contribution in [3.8, 4) is 0 Å². The fraction of sp³-hybridized carbons (Fsp3) is 0.455. The normalized spacial score (nSPS) is 10.1. The van der Waals surface area contributed by atoms with E-state index in [1.165, 1.54) is 0 Å². The predicted molar refractivity (Wildman–Crippen MR) is 59.7 cm³/mol. The highest BCUT2D eigenvalue weighted by atomic mass is 16.2. The van der Waals surface area contributed by atoms with Gasteiger partial charge in [0.25, 0.3) is 5.91 Å². The van der Waals surface area contributed by atoms with Gasteiger partial charge in [0.15, 0.2) is 0 Å². The van der Waals surface area contributed by atoms with Crippen LogP contribution < -0.4 is 5.73 Å². The van der Waals surface area contributed by atoms with E-state index < -0.39 is 0 Å². The molecule has 1 rings (SSSR count). The summed E-state index contributed by atoms with van der Waals surface area (Å²) in [7, 11) is 1.74. The van der Waals surface area contributed by atoms with Crippen LogP contribution in [0.5, 0.6) is 0 Å². The van der Waals surface area contributed by atoms with Crippen molar-refractivity contribution in [2.24, 2.45) is 5.73 Å². The molecule has 82 valence electrons. The Balaban J connectivity index is 2.91. The number of nitrogens with two attached hydrogens (primary N) is 1. The van der Waals surface area contributed by atoms with Gasteiger partial charge in [-0.3, -0.25) is 9.78 Å². The third-order valence-electron chi connectivity index (χ3n) is 2.27. The van der Waals surface area contributed by atoms with Gasteiger partial charge in [0.1, 0.15) is 0 Å². The smallest absolute Gasteiger partial charge is 0.255 e. The molecule has 0 atom stereocenters. The number of nitrogens with zero attached hydrogens (tertiary/aromatic N) is 2. The standard InChI is InChI=1S/C11H17N3O/c1-8-4-5-10(9(2)13-8)11(15)14(3)7-6-12/h4-5H,6-7,12H2,1-3H3. The third-order valence-corrected chi connectivity index (χ3v) is 2.27. The first-order valence-corrected chi connectivity index (χ1v) is 4.96. The minimum Gasteiger partial charge on any atom is -0.340 e.